The second-order valence-corrected chi connectivity index (χ2v) is 6.10. The lowest BCUT2D eigenvalue weighted by atomic mass is 9.88. The van der Waals surface area contributed by atoms with Crippen LogP contribution in [0.25, 0.3) is 5.69 Å². The Morgan fingerprint density at radius 3 is 2.09 bits per heavy atom. The summed E-state index contributed by atoms with van der Waals surface area (Å²) in [4.78, 5) is 37.8. The maximum atomic E-state index is 12.6. The topological polar surface area (TPSA) is 71.9 Å². The number of carbonyl (C=O) groups is 2. The predicted molar refractivity (Wildman–Crippen MR) is 87.4 cm³/mol. The molecule has 0 atom stereocenters. The average Bonchev–Trinajstić information content (AvgIpc) is 2.91. The van der Waals surface area contributed by atoms with Gasteiger partial charge in [0.1, 0.15) is 11.3 Å². The summed E-state index contributed by atoms with van der Waals surface area (Å²) in [7, 11) is 0. The van der Waals surface area contributed by atoms with Crippen molar-refractivity contribution in [1.82, 2.24) is 9.78 Å². The maximum absolute atomic E-state index is 12.6. The summed E-state index contributed by atoms with van der Waals surface area (Å²) in [5.74, 6) is -0.768. The molecule has 1 aliphatic rings. The number of benzene rings is 2. The van der Waals surface area contributed by atoms with E-state index in [2.05, 4.69) is 21.0 Å². The zero-order chi connectivity index (χ0) is 16.1. The van der Waals surface area contributed by atoms with Gasteiger partial charge >= 0.3 is 0 Å². The van der Waals surface area contributed by atoms with Crippen molar-refractivity contribution in [1.29, 1.82) is 0 Å². The van der Waals surface area contributed by atoms with E-state index in [4.69, 9.17) is 0 Å². The number of rotatable bonds is 1. The number of aromatic nitrogens is 2. The van der Waals surface area contributed by atoms with Gasteiger partial charge in [-0.1, -0.05) is 40.2 Å². The Morgan fingerprint density at radius 1 is 0.826 bits per heavy atom. The van der Waals surface area contributed by atoms with Crippen LogP contribution >= 0.6 is 15.9 Å². The molecule has 0 bridgehead atoms. The fraction of sp³-hybridized carbons (Fsp3) is 0. The molecule has 4 rings (SSSR count). The highest BCUT2D eigenvalue weighted by Crippen LogP contribution is 2.24. The third-order valence-corrected chi connectivity index (χ3v) is 4.37. The molecule has 0 unspecified atom stereocenters. The van der Waals surface area contributed by atoms with E-state index in [1.54, 1.807) is 48.5 Å². The fourth-order valence-corrected chi connectivity index (χ4v) is 3.00. The van der Waals surface area contributed by atoms with E-state index >= 15 is 0 Å². The highest BCUT2D eigenvalue weighted by Gasteiger charge is 2.34. The van der Waals surface area contributed by atoms with Crippen LogP contribution in [-0.4, -0.2) is 21.3 Å². The SMILES string of the molecule is O=C1c2ccccc2C(=O)c2c1[nH]n(-c1ccc(Br)cc1)c2=O. The lowest BCUT2D eigenvalue weighted by molar-refractivity contribution is 0.0976. The summed E-state index contributed by atoms with van der Waals surface area (Å²) in [6, 6.07) is 13.5. The molecule has 0 amide bonds. The number of fused-ring (bicyclic) bond motifs is 2. The largest absolute Gasteiger partial charge is 0.288 e. The fourth-order valence-electron chi connectivity index (χ4n) is 2.73. The number of carbonyl (C=O) groups excluding carboxylic acids is 2. The van der Waals surface area contributed by atoms with E-state index < -0.39 is 11.3 Å². The molecule has 2 aromatic carbocycles. The maximum Gasteiger partial charge on any atom is 0.283 e. The molecule has 0 fully saturated rings. The predicted octanol–water partition coefficient (Wildman–Crippen LogP) is 2.70. The van der Waals surface area contributed by atoms with Crippen LogP contribution in [0.2, 0.25) is 0 Å². The van der Waals surface area contributed by atoms with Gasteiger partial charge in [0.25, 0.3) is 5.56 Å². The highest BCUT2D eigenvalue weighted by atomic mass is 79.9. The lowest BCUT2D eigenvalue weighted by Gasteiger charge is -2.11. The number of halogens is 1. The van der Waals surface area contributed by atoms with Crippen molar-refractivity contribution in [2.45, 2.75) is 0 Å². The van der Waals surface area contributed by atoms with Crippen LogP contribution in [0, 0.1) is 0 Å². The quantitative estimate of drug-likeness (QED) is 0.561. The first kappa shape index (κ1) is 13.9. The van der Waals surface area contributed by atoms with Crippen LogP contribution in [-0.2, 0) is 0 Å². The third kappa shape index (κ3) is 1.95. The van der Waals surface area contributed by atoms with Crippen LogP contribution in [0.15, 0.2) is 57.8 Å². The number of hydrogen-bond donors (Lipinski definition) is 1. The molecule has 6 heteroatoms. The van der Waals surface area contributed by atoms with E-state index in [1.807, 2.05) is 0 Å². The van der Waals surface area contributed by atoms with Crippen molar-refractivity contribution >= 4 is 27.5 Å². The minimum absolute atomic E-state index is 0.0432. The van der Waals surface area contributed by atoms with Crippen LogP contribution in [0.4, 0.5) is 0 Å². The molecule has 0 saturated carbocycles. The number of ketones is 2. The molecule has 0 radical (unpaired) electrons. The second-order valence-electron chi connectivity index (χ2n) is 5.18. The summed E-state index contributed by atoms with van der Waals surface area (Å²) < 4.78 is 2.09. The molecule has 112 valence electrons. The minimum atomic E-state index is -0.518. The number of nitrogens with one attached hydrogen (secondary N) is 1. The Bertz CT molecular complexity index is 1030. The standard InChI is InChI=1S/C17H9BrN2O3/c18-9-5-7-10(8-6-9)20-17(23)13-14(19-20)16(22)12-4-2-1-3-11(12)15(13)21/h1-8,19H. The van der Waals surface area contributed by atoms with Crippen molar-refractivity contribution in [3.8, 4) is 5.69 Å². The van der Waals surface area contributed by atoms with Gasteiger partial charge < -0.3 is 0 Å². The zero-order valence-electron chi connectivity index (χ0n) is 11.7. The van der Waals surface area contributed by atoms with Crippen molar-refractivity contribution in [2.75, 3.05) is 0 Å². The second kappa shape index (κ2) is 4.89. The normalized spacial score (nSPS) is 12.9. The molecule has 1 N–H and O–H groups in total. The summed E-state index contributed by atoms with van der Waals surface area (Å²) in [6.45, 7) is 0. The van der Waals surface area contributed by atoms with Crippen molar-refractivity contribution in [2.24, 2.45) is 0 Å². The minimum Gasteiger partial charge on any atom is -0.288 e. The molecule has 1 heterocycles. The van der Waals surface area contributed by atoms with Gasteiger partial charge in [-0.15, -0.1) is 0 Å². The molecule has 0 aliphatic heterocycles. The van der Waals surface area contributed by atoms with Crippen molar-refractivity contribution in [3.05, 3.63) is 85.7 Å². The van der Waals surface area contributed by atoms with Crippen molar-refractivity contribution < 1.29 is 9.59 Å². The van der Waals surface area contributed by atoms with Crippen molar-refractivity contribution in [3.63, 3.8) is 0 Å². The van der Waals surface area contributed by atoms with Gasteiger partial charge in [-0.3, -0.25) is 19.5 Å². The zero-order valence-corrected chi connectivity index (χ0v) is 13.3. The van der Waals surface area contributed by atoms with E-state index in [0.29, 0.717) is 11.3 Å². The van der Waals surface area contributed by atoms with Gasteiger partial charge in [-0.25, -0.2) is 4.68 Å². The van der Waals surface area contributed by atoms with Crippen LogP contribution in [0.1, 0.15) is 32.0 Å². The third-order valence-electron chi connectivity index (χ3n) is 3.85. The number of aromatic amines is 1. The summed E-state index contributed by atoms with van der Waals surface area (Å²) in [6.07, 6.45) is 0. The highest BCUT2D eigenvalue weighted by molar-refractivity contribution is 9.10. The monoisotopic (exact) mass is 368 g/mol. The number of H-pyrrole nitrogens is 1. The van der Waals surface area contributed by atoms with Crippen LogP contribution in [0.5, 0.6) is 0 Å². The molecule has 0 spiro atoms. The summed E-state index contributed by atoms with van der Waals surface area (Å²) >= 11 is 3.33. The number of hydrogen-bond acceptors (Lipinski definition) is 3. The Hall–Kier alpha value is -2.73. The number of nitrogens with zero attached hydrogens (tertiary/aromatic N) is 1. The molecular weight excluding hydrogens is 360 g/mol. The Morgan fingerprint density at radius 2 is 1.43 bits per heavy atom. The van der Waals surface area contributed by atoms with Crippen LogP contribution in [0.3, 0.4) is 0 Å². The first-order valence-electron chi connectivity index (χ1n) is 6.87. The smallest absolute Gasteiger partial charge is 0.283 e. The lowest BCUT2D eigenvalue weighted by Crippen LogP contribution is -2.25. The van der Waals surface area contributed by atoms with Gasteiger partial charge in [0.15, 0.2) is 0 Å². The average molecular weight is 369 g/mol. The molecule has 1 aromatic heterocycles. The Balaban J connectivity index is 1.97. The van der Waals surface area contributed by atoms with Gasteiger partial charge in [0.2, 0.25) is 11.6 Å². The summed E-state index contributed by atoms with van der Waals surface area (Å²) in [5, 5.41) is 2.78. The van der Waals surface area contributed by atoms with Gasteiger partial charge in [-0.05, 0) is 24.3 Å². The van der Waals surface area contributed by atoms with E-state index in [9.17, 15) is 14.4 Å². The molecule has 23 heavy (non-hydrogen) atoms. The Kier molecular flexibility index (Phi) is 2.96. The first-order valence-corrected chi connectivity index (χ1v) is 7.66. The molecule has 0 saturated heterocycles. The Labute approximate surface area is 138 Å². The van der Waals surface area contributed by atoms with Gasteiger partial charge in [0.05, 0.1) is 5.69 Å². The van der Waals surface area contributed by atoms with Gasteiger partial charge in [-0.2, -0.15) is 0 Å². The van der Waals surface area contributed by atoms with E-state index in [-0.39, 0.29) is 22.6 Å². The molecule has 1 aliphatic carbocycles. The molecule has 3 aromatic rings. The molecule has 5 nitrogen and oxygen atoms in total. The first-order chi connectivity index (χ1) is 11.1. The van der Waals surface area contributed by atoms with Crippen LogP contribution < -0.4 is 5.56 Å². The van der Waals surface area contributed by atoms with E-state index in [0.717, 1.165) is 4.47 Å². The van der Waals surface area contributed by atoms with E-state index in [1.165, 1.54) is 4.68 Å². The van der Waals surface area contributed by atoms with Gasteiger partial charge in [0, 0.05) is 15.6 Å². The summed E-state index contributed by atoms with van der Waals surface area (Å²) in [5.41, 5.74) is 0.559. The molecular formula is C17H9BrN2O3.